The summed E-state index contributed by atoms with van der Waals surface area (Å²) in [6, 6.07) is -1.00. The van der Waals surface area contributed by atoms with Gasteiger partial charge in [-0.25, -0.2) is 9.59 Å². The smallest absolute Gasteiger partial charge is 0.411 e. The topological polar surface area (TPSA) is 66.8 Å². The molecule has 0 bridgehead atoms. The van der Waals surface area contributed by atoms with E-state index < -0.39 is 18.1 Å². The van der Waals surface area contributed by atoms with Crippen molar-refractivity contribution in [3.05, 3.63) is 0 Å². The van der Waals surface area contributed by atoms with Crippen LogP contribution in [0.3, 0.4) is 0 Å². The summed E-state index contributed by atoms with van der Waals surface area (Å²) in [5.74, 6) is -0.996. The highest BCUT2D eigenvalue weighted by molar-refractivity contribution is 6.17. The molecule has 0 unspecified atom stereocenters. The van der Waals surface area contributed by atoms with Crippen LogP contribution in [0, 0.1) is 0 Å². The molecule has 1 rings (SSSR count). The summed E-state index contributed by atoms with van der Waals surface area (Å²) < 4.78 is 4.50. The number of carbonyl (C=O) groups is 2. The van der Waals surface area contributed by atoms with E-state index >= 15 is 0 Å². The molecular weight excluding hydrogens is 198 g/mol. The predicted molar refractivity (Wildman–Crippen MR) is 44.6 cm³/mol. The van der Waals surface area contributed by atoms with E-state index in [0.29, 0.717) is 19.4 Å². The van der Waals surface area contributed by atoms with E-state index in [2.05, 4.69) is 4.74 Å². The van der Waals surface area contributed by atoms with E-state index in [9.17, 15) is 9.59 Å². The SMILES string of the molecule is O=C(O)[C@@H]1CCCN1C(=O)OCCl. The number of ether oxygens (including phenoxy) is 1. The third-order valence-corrected chi connectivity index (χ3v) is 2.06. The van der Waals surface area contributed by atoms with Gasteiger partial charge in [0.25, 0.3) is 0 Å². The summed E-state index contributed by atoms with van der Waals surface area (Å²) in [4.78, 5) is 22.9. The first kappa shape index (κ1) is 10.1. The number of hydrogen-bond donors (Lipinski definition) is 1. The minimum absolute atomic E-state index is 0.248. The van der Waals surface area contributed by atoms with Crippen molar-refractivity contribution in [2.24, 2.45) is 0 Å². The van der Waals surface area contributed by atoms with Crippen molar-refractivity contribution in [3.63, 3.8) is 0 Å². The summed E-state index contributed by atoms with van der Waals surface area (Å²) in [6.45, 7) is 0.423. The zero-order valence-electron chi connectivity index (χ0n) is 6.90. The molecule has 1 N–H and O–H groups in total. The number of alkyl halides is 1. The molecule has 0 aliphatic carbocycles. The molecule has 1 atom stereocenters. The van der Waals surface area contributed by atoms with Crippen LogP contribution in [0.1, 0.15) is 12.8 Å². The first-order valence-electron chi connectivity index (χ1n) is 3.89. The molecule has 74 valence electrons. The van der Waals surface area contributed by atoms with Gasteiger partial charge in [-0.15, -0.1) is 0 Å². The zero-order valence-corrected chi connectivity index (χ0v) is 7.66. The number of hydrogen-bond acceptors (Lipinski definition) is 3. The number of nitrogens with zero attached hydrogens (tertiary/aromatic N) is 1. The van der Waals surface area contributed by atoms with Crippen molar-refractivity contribution in [2.75, 3.05) is 12.6 Å². The molecule has 1 saturated heterocycles. The van der Waals surface area contributed by atoms with Crippen LogP contribution in [0.25, 0.3) is 0 Å². The number of amides is 1. The fourth-order valence-corrected chi connectivity index (χ4v) is 1.46. The van der Waals surface area contributed by atoms with Gasteiger partial charge in [0.1, 0.15) is 6.04 Å². The minimum Gasteiger partial charge on any atom is -0.480 e. The van der Waals surface area contributed by atoms with Crippen molar-refractivity contribution in [1.29, 1.82) is 0 Å². The first-order chi connectivity index (χ1) is 6.16. The van der Waals surface area contributed by atoms with E-state index in [4.69, 9.17) is 16.7 Å². The van der Waals surface area contributed by atoms with Crippen LogP contribution < -0.4 is 0 Å². The van der Waals surface area contributed by atoms with Gasteiger partial charge in [0.15, 0.2) is 6.07 Å². The minimum atomic E-state index is -0.996. The van der Waals surface area contributed by atoms with Gasteiger partial charge in [0.05, 0.1) is 0 Å². The van der Waals surface area contributed by atoms with Crippen molar-refractivity contribution < 1.29 is 19.4 Å². The number of likely N-dealkylation sites (tertiary alicyclic amines) is 1. The van der Waals surface area contributed by atoms with Gasteiger partial charge in [-0.2, -0.15) is 0 Å². The maximum atomic E-state index is 11.1. The van der Waals surface area contributed by atoms with Crippen molar-refractivity contribution >= 4 is 23.7 Å². The molecule has 1 fully saturated rings. The number of carboxylic acid groups (broad SMARTS) is 1. The fraction of sp³-hybridized carbons (Fsp3) is 0.714. The van der Waals surface area contributed by atoms with Gasteiger partial charge in [-0.3, -0.25) is 4.90 Å². The van der Waals surface area contributed by atoms with Crippen LogP contribution in [0.2, 0.25) is 0 Å². The van der Waals surface area contributed by atoms with Crippen molar-refractivity contribution in [1.82, 2.24) is 4.90 Å². The van der Waals surface area contributed by atoms with Crippen LogP contribution in [0.15, 0.2) is 0 Å². The molecule has 13 heavy (non-hydrogen) atoms. The molecule has 0 spiro atoms. The Morgan fingerprint density at radius 1 is 1.62 bits per heavy atom. The lowest BCUT2D eigenvalue weighted by Crippen LogP contribution is -2.40. The fourth-order valence-electron chi connectivity index (χ4n) is 1.37. The average Bonchev–Trinajstić information content (AvgIpc) is 2.52. The highest BCUT2D eigenvalue weighted by Crippen LogP contribution is 2.18. The van der Waals surface area contributed by atoms with E-state index in [1.54, 1.807) is 0 Å². The van der Waals surface area contributed by atoms with Gasteiger partial charge in [0.2, 0.25) is 0 Å². The monoisotopic (exact) mass is 207 g/mol. The molecule has 0 aromatic rings. The lowest BCUT2D eigenvalue weighted by atomic mass is 10.2. The lowest BCUT2D eigenvalue weighted by molar-refractivity contribution is -0.141. The summed E-state index contributed by atoms with van der Waals surface area (Å²) in [6.07, 6.45) is 0.515. The molecule has 0 radical (unpaired) electrons. The molecule has 5 nitrogen and oxygen atoms in total. The average molecular weight is 208 g/mol. The Labute approximate surface area is 80.2 Å². The standard InChI is InChI=1S/C7H10ClNO4/c8-4-13-7(12)9-3-1-2-5(9)6(10)11/h5H,1-4H2,(H,10,11)/t5-/m0/s1. The largest absolute Gasteiger partial charge is 0.480 e. The Kier molecular flexibility index (Phi) is 3.36. The first-order valence-corrected chi connectivity index (χ1v) is 4.42. The summed E-state index contributed by atoms with van der Waals surface area (Å²) in [7, 11) is 0. The third-order valence-electron chi connectivity index (χ3n) is 1.95. The zero-order chi connectivity index (χ0) is 9.84. The second-order valence-corrected chi connectivity index (χ2v) is 2.93. The Balaban J connectivity index is 2.57. The maximum Gasteiger partial charge on any atom is 0.411 e. The molecule has 0 aromatic heterocycles. The number of carbonyl (C=O) groups excluding carboxylic acids is 1. The van der Waals surface area contributed by atoms with Crippen molar-refractivity contribution in [2.45, 2.75) is 18.9 Å². The van der Waals surface area contributed by atoms with Gasteiger partial charge in [-0.05, 0) is 12.8 Å². The number of carboxylic acids is 1. The number of aliphatic carboxylic acids is 1. The number of halogens is 1. The maximum absolute atomic E-state index is 11.1. The number of rotatable bonds is 2. The molecule has 1 aliphatic rings. The summed E-state index contributed by atoms with van der Waals surface area (Å²) >= 11 is 5.18. The normalized spacial score (nSPS) is 21.6. The highest BCUT2D eigenvalue weighted by atomic mass is 35.5. The molecule has 0 saturated carbocycles. The van der Waals surface area contributed by atoms with Gasteiger partial charge in [-0.1, -0.05) is 11.6 Å². The van der Waals surface area contributed by atoms with E-state index in [1.165, 1.54) is 4.90 Å². The van der Waals surface area contributed by atoms with Crippen LogP contribution in [-0.4, -0.2) is 40.7 Å². The molecular formula is C7H10ClNO4. The van der Waals surface area contributed by atoms with E-state index in [0.717, 1.165) is 0 Å². The van der Waals surface area contributed by atoms with Crippen LogP contribution in [-0.2, 0) is 9.53 Å². The van der Waals surface area contributed by atoms with Crippen LogP contribution in [0.4, 0.5) is 4.79 Å². The van der Waals surface area contributed by atoms with Crippen LogP contribution in [0.5, 0.6) is 0 Å². The highest BCUT2D eigenvalue weighted by Gasteiger charge is 2.34. The second kappa shape index (κ2) is 4.32. The summed E-state index contributed by atoms with van der Waals surface area (Å²) in [5, 5.41) is 8.72. The van der Waals surface area contributed by atoms with Gasteiger partial charge in [0, 0.05) is 6.54 Å². The second-order valence-electron chi connectivity index (χ2n) is 2.71. The Morgan fingerprint density at radius 3 is 2.85 bits per heavy atom. The van der Waals surface area contributed by atoms with Crippen LogP contribution >= 0.6 is 11.6 Å². The van der Waals surface area contributed by atoms with Gasteiger partial charge < -0.3 is 9.84 Å². The van der Waals surface area contributed by atoms with E-state index in [1.807, 2.05) is 0 Å². The Hall–Kier alpha value is -0.970. The van der Waals surface area contributed by atoms with E-state index in [-0.39, 0.29) is 6.07 Å². The third kappa shape index (κ3) is 2.24. The molecule has 1 aliphatic heterocycles. The van der Waals surface area contributed by atoms with Crippen molar-refractivity contribution in [3.8, 4) is 0 Å². The quantitative estimate of drug-likeness (QED) is 0.683. The lowest BCUT2D eigenvalue weighted by Gasteiger charge is -2.19. The Morgan fingerprint density at radius 2 is 2.31 bits per heavy atom. The Bertz CT molecular complexity index is 221. The molecule has 1 amide bonds. The molecule has 0 aromatic carbocycles. The summed E-state index contributed by atoms with van der Waals surface area (Å²) in [5.41, 5.74) is 0. The van der Waals surface area contributed by atoms with Gasteiger partial charge >= 0.3 is 12.1 Å². The predicted octanol–water partition coefficient (Wildman–Crippen LogP) is 0.868. The molecule has 1 heterocycles. The molecule has 6 heteroatoms.